The van der Waals surface area contributed by atoms with Crippen LogP contribution in [0.2, 0.25) is 0 Å². The predicted octanol–water partition coefficient (Wildman–Crippen LogP) is 19.3. The maximum atomic E-state index is 13.8. The fourth-order valence-corrected chi connectivity index (χ4v) is 15.1. The van der Waals surface area contributed by atoms with Crippen molar-refractivity contribution >= 4 is 71.9 Å². The third kappa shape index (κ3) is 18.5. The summed E-state index contributed by atoms with van der Waals surface area (Å²) in [7, 11) is 0. The van der Waals surface area contributed by atoms with Crippen LogP contribution >= 0.6 is 0 Å². The molecule has 5 heterocycles. The number of hydrogen-bond donors (Lipinski definition) is 1. The van der Waals surface area contributed by atoms with Crippen molar-refractivity contribution in [3.63, 3.8) is 0 Å². The van der Waals surface area contributed by atoms with Crippen LogP contribution in [-0.4, -0.2) is 50.1 Å². The molecule has 0 aliphatic rings. The third-order valence-corrected chi connectivity index (χ3v) is 21.6. The van der Waals surface area contributed by atoms with E-state index in [1.54, 1.807) is 4.57 Å². The van der Waals surface area contributed by atoms with Gasteiger partial charge in [0.2, 0.25) is 0 Å². The normalized spacial score (nSPS) is 12.0. The summed E-state index contributed by atoms with van der Waals surface area (Å²) in [4.78, 5) is 14.8. The standard InChI is InChI=1S/C60H61N5.C20H13F2N3.C20H25N.CH2O3.2K.H/c1-57(2,3)40-23-27-51-47(31-40)48-32-41(58(4,5)6)24-28-52(48)63(51)44-35-45(37-46(36-44)65-55(38-19-15-13-16-20-38)61-62-56(65)39-21-17-14-18-22-39)64-53-29-25-42(59(7,8)9)33-49(53)50-34-43(60(10,11)12)26-30-54(50)64;21-16-11-17(22)13-18(12-16)25-19(14-7-3-1-4-8-14)23-24-20(25)15-9-5-2-6-10-15;1-19(2,3)13-7-9-17-15(11-13)16-12-14(20(4,5)6)8-10-18(16)21-17;2-1-4-3;;;/h13-37H,1-12H3;1-13H;7-12,21H,1-6H3;1,3H;;;/q;;;;2*+1;-1/p-1. The van der Waals surface area contributed by atoms with Crippen LogP contribution in [0.3, 0.4) is 0 Å². The van der Waals surface area contributed by atoms with Crippen LogP contribution in [0.15, 0.2) is 267 Å². The fourth-order valence-electron chi connectivity index (χ4n) is 15.1. The maximum Gasteiger partial charge on any atom is 1.00 e. The Kier molecular flexibility index (Phi) is 25.8. The number of halogens is 2. The Bertz CT molecular complexity index is 5930. The van der Waals surface area contributed by atoms with Crippen molar-refractivity contribution in [2.75, 3.05) is 0 Å². The Balaban J connectivity index is 0.000000209. The smallest absolute Gasteiger partial charge is 1.00 e. The Labute approximate surface area is 772 Å². The molecular formula is C101H101F2K2N9O3. The van der Waals surface area contributed by atoms with Gasteiger partial charge in [0.25, 0.3) is 6.47 Å². The van der Waals surface area contributed by atoms with E-state index < -0.39 is 11.6 Å². The molecule has 0 unspecified atom stereocenters. The van der Waals surface area contributed by atoms with Gasteiger partial charge in [0.15, 0.2) is 23.3 Å². The molecule has 117 heavy (non-hydrogen) atoms. The fraction of sp³-hybridized carbons (Fsp3) is 0.238. The zero-order valence-corrected chi connectivity index (χ0v) is 77.3. The van der Waals surface area contributed by atoms with Gasteiger partial charge in [0.1, 0.15) is 11.6 Å². The van der Waals surface area contributed by atoms with Crippen LogP contribution in [-0.2, 0) is 42.2 Å². The minimum absolute atomic E-state index is 0. The summed E-state index contributed by atoms with van der Waals surface area (Å²) in [5.41, 5.74) is 22.5. The number of carbonyl (C=O) groups is 1. The largest absolute Gasteiger partial charge is 1.00 e. The summed E-state index contributed by atoms with van der Waals surface area (Å²) in [6.45, 7) is 41.1. The van der Waals surface area contributed by atoms with E-state index in [0.29, 0.717) is 17.3 Å². The summed E-state index contributed by atoms with van der Waals surface area (Å²) in [6.07, 6.45) is 0. The summed E-state index contributed by atoms with van der Waals surface area (Å²) in [6, 6.07) is 92.1. The number of fused-ring (bicyclic) bond motifs is 9. The van der Waals surface area contributed by atoms with Crippen LogP contribution < -0.4 is 108 Å². The van der Waals surface area contributed by atoms with Gasteiger partial charge in [-0.3, -0.25) is 13.9 Å². The van der Waals surface area contributed by atoms with Gasteiger partial charge in [-0.25, -0.2) is 8.78 Å². The van der Waals surface area contributed by atoms with E-state index in [2.05, 4.69) is 346 Å². The zero-order valence-electron chi connectivity index (χ0n) is 72.0. The molecule has 12 aromatic carbocycles. The van der Waals surface area contributed by atoms with Crippen molar-refractivity contribution in [2.45, 2.75) is 157 Å². The zero-order chi connectivity index (χ0) is 81.8. The molecule has 0 saturated heterocycles. The number of aromatic nitrogens is 9. The second kappa shape index (κ2) is 34.7. The van der Waals surface area contributed by atoms with Gasteiger partial charge in [-0.15, -0.1) is 20.4 Å². The molecule has 0 bridgehead atoms. The average molecular weight is 1610 g/mol. The van der Waals surface area contributed by atoms with Crippen LogP contribution in [0.25, 0.3) is 134 Å². The van der Waals surface area contributed by atoms with E-state index in [1.807, 2.05) is 60.7 Å². The van der Waals surface area contributed by atoms with Crippen LogP contribution in [0.4, 0.5) is 8.78 Å². The molecule has 0 amide bonds. The average Bonchev–Trinajstić information content (AvgIpc) is 1.56. The van der Waals surface area contributed by atoms with E-state index in [0.717, 1.165) is 57.0 Å². The molecule has 0 aliphatic carbocycles. The monoisotopic (exact) mass is 1600 g/mol. The number of nitrogens with one attached hydrogen (secondary N) is 1. The number of nitrogens with zero attached hydrogens (tertiary/aromatic N) is 8. The first-order valence-electron chi connectivity index (χ1n) is 39.3. The number of benzene rings is 12. The van der Waals surface area contributed by atoms with Gasteiger partial charge in [-0.1, -0.05) is 282 Å². The van der Waals surface area contributed by atoms with Crippen molar-refractivity contribution in [1.82, 2.24) is 43.6 Å². The molecule has 12 nitrogen and oxygen atoms in total. The predicted molar refractivity (Wildman–Crippen MR) is 469 cm³/mol. The van der Waals surface area contributed by atoms with Crippen molar-refractivity contribution in [2.24, 2.45) is 0 Å². The molecule has 0 aliphatic heterocycles. The summed E-state index contributed by atoms with van der Waals surface area (Å²) < 4.78 is 36.5. The number of rotatable bonds is 9. The van der Waals surface area contributed by atoms with Crippen molar-refractivity contribution < 1.29 is 128 Å². The number of H-pyrrole nitrogens is 1. The minimum Gasteiger partial charge on any atom is -1.00 e. The molecule has 17 rings (SSSR count). The second-order valence-electron chi connectivity index (χ2n) is 36.1. The Morgan fingerprint density at radius 3 is 0.744 bits per heavy atom. The second-order valence-corrected chi connectivity index (χ2v) is 36.1. The van der Waals surface area contributed by atoms with Crippen LogP contribution in [0.1, 0.15) is 159 Å². The first-order chi connectivity index (χ1) is 54.5. The number of carbonyl (C=O) groups excluding carboxylic acids is 1. The molecule has 0 fully saturated rings. The quantitative estimate of drug-likeness (QED) is 0.0658. The van der Waals surface area contributed by atoms with Crippen molar-refractivity contribution in [1.29, 1.82) is 0 Å². The molecule has 0 saturated carbocycles. The molecule has 16 heteroatoms. The van der Waals surface area contributed by atoms with E-state index in [4.69, 9.17) is 20.2 Å². The topological polar surface area (TPSA) is 136 Å². The summed E-state index contributed by atoms with van der Waals surface area (Å²) >= 11 is 0. The molecule has 0 spiro atoms. The van der Waals surface area contributed by atoms with Gasteiger partial charge < -0.3 is 25.7 Å². The molecule has 0 radical (unpaired) electrons. The van der Waals surface area contributed by atoms with E-state index >= 15 is 0 Å². The Hall–Kier alpha value is -9.12. The third-order valence-electron chi connectivity index (χ3n) is 21.6. The van der Waals surface area contributed by atoms with E-state index in [9.17, 15) is 8.78 Å². The molecule has 0 atom stereocenters. The summed E-state index contributed by atoms with van der Waals surface area (Å²) in [5.74, 6) is 1.30. The Morgan fingerprint density at radius 2 is 0.513 bits per heavy atom. The first kappa shape index (κ1) is 87.2. The minimum atomic E-state index is -0.651. The number of hydrogen-bond acceptors (Lipinski definition) is 7. The van der Waals surface area contributed by atoms with E-state index in [1.165, 1.54) is 111 Å². The van der Waals surface area contributed by atoms with Crippen LogP contribution in [0, 0.1) is 11.6 Å². The van der Waals surface area contributed by atoms with Crippen molar-refractivity contribution in [3.8, 4) is 68.3 Å². The molecule has 1 N–H and O–H groups in total. The number of aromatic amines is 1. The van der Waals surface area contributed by atoms with Gasteiger partial charge >= 0.3 is 103 Å². The van der Waals surface area contributed by atoms with Gasteiger partial charge in [0, 0.05) is 71.7 Å². The SMILES string of the molecule is CC(C)(C)c1ccc2[nH]c3ccc(C(C)(C)C)cc3c2c1.CC(C)(C)c1ccc2c(c1)c1cc(C(C)(C)C)ccc1n2-c1cc(-n2c(-c3ccccc3)nnc2-c2ccccc2)cc(-n2c3ccc(C(C)(C)C)cc3c3cc(C(C)(C)C)ccc32)c1.Fc1cc(F)cc(-n2c(-c3ccccc3)nnc2-c2ccccc2)c1.O=CO[O-].[H-].[K+].[K+]. The molecule has 584 valence electrons. The van der Waals surface area contributed by atoms with Crippen molar-refractivity contribution in [3.05, 3.63) is 312 Å². The molecular weight excluding hydrogens is 1500 g/mol. The van der Waals surface area contributed by atoms with Gasteiger partial charge in [-0.05, 0) is 169 Å². The molecule has 5 aromatic heterocycles. The molecule has 17 aromatic rings. The Morgan fingerprint density at radius 1 is 0.299 bits per heavy atom. The first-order valence-corrected chi connectivity index (χ1v) is 39.3. The van der Waals surface area contributed by atoms with Crippen LogP contribution in [0.5, 0.6) is 0 Å². The maximum absolute atomic E-state index is 13.8. The summed E-state index contributed by atoms with van der Waals surface area (Å²) in [5, 5.41) is 34.6. The van der Waals surface area contributed by atoms with Gasteiger partial charge in [-0.2, -0.15) is 0 Å². The van der Waals surface area contributed by atoms with Gasteiger partial charge in [0.05, 0.1) is 44.8 Å². The van der Waals surface area contributed by atoms with E-state index in [-0.39, 0.29) is 143 Å².